The van der Waals surface area contributed by atoms with Crippen molar-refractivity contribution in [3.8, 4) is 0 Å². The van der Waals surface area contributed by atoms with Crippen molar-refractivity contribution >= 4 is 29.5 Å². The lowest BCUT2D eigenvalue weighted by Crippen LogP contribution is -2.10. The summed E-state index contributed by atoms with van der Waals surface area (Å²) in [7, 11) is 8.06. The first kappa shape index (κ1) is 17.1. The van der Waals surface area contributed by atoms with Crippen LogP contribution in [0, 0.1) is 5.41 Å². The molecular weight excluding hydrogens is 282 g/mol. The van der Waals surface area contributed by atoms with E-state index >= 15 is 0 Å². The van der Waals surface area contributed by atoms with E-state index in [0.717, 1.165) is 22.5 Å². The van der Waals surface area contributed by atoms with Crippen LogP contribution >= 0.6 is 12.4 Å². The summed E-state index contributed by atoms with van der Waals surface area (Å²) < 4.78 is 0. The minimum absolute atomic E-state index is 0. The Morgan fingerprint density at radius 1 is 0.667 bits per heavy atom. The molecular formula is C17H22ClN3. The van der Waals surface area contributed by atoms with Gasteiger partial charge in [-0.05, 0) is 24.3 Å². The van der Waals surface area contributed by atoms with Gasteiger partial charge < -0.3 is 9.80 Å². The van der Waals surface area contributed by atoms with Crippen molar-refractivity contribution in [3.63, 3.8) is 0 Å². The first-order valence-electron chi connectivity index (χ1n) is 6.63. The molecule has 2 aromatic carbocycles. The minimum atomic E-state index is 0. The molecule has 1 N–H and O–H groups in total. The Balaban J connectivity index is 0.00000220. The fourth-order valence-electron chi connectivity index (χ4n) is 2.02. The van der Waals surface area contributed by atoms with Crippen LogP contribution in [0.15, 0.2) is 48.5 Å². The zero-order valence-corrected chi connectivity index (χ0v) is 13.7. The maximum atomic E-state index is 8.30. The monoisotopic (exact) mass is 303 g/mol. The second-order valence-electron chi connectivity index (χ2n) is 5.26. The number of nitrogens with one attached hydrogen (secondary N) is 1. The van der Waals surface area contributed by atoms with E-state index in [1.807, 2.05) is 76.7 Å². The van der Waals surface area contributed by atoms with Crippen LogP contribution in [-0.2, 0) is 0 Å². The SMILES string of the molecule is CN(C)c1ccc(C(=N)c2ccc(N(C)C)cc2)cc1.Cl. The number of hydrogen-bond donors (Lipinski definition) is 1. The molecule has 0 aromatic heterocycles. The second-order valence-corrected chi connectivity index (χ2v) is 5.26. The van der Waals surface area contributed by atoms with Crippen LogP contribution in [0.2, 0.25) is 0 Å². The zero-order chi connectivity index (χ0) is 14.7. The van der Waals surface area contributed by atoms with Gasteiger partial charge in [-0.3, -0.25) is 5.41 Å². The fraction of sp³-hybridized carbons (Fsp3) is 0.235. The predicted octanol–water partition coefficient (Wildman–Crippen LogP) is 3.66. The molecule has 0 amide bonds. The number of benzene rings is 2. The molecule has 0 saturated carbocycles. The molecule has 21 heavy (non-hydrogen) atoms. The van der Waals surface area contributed by atoms with E-state index in [0.29, 0.717) is 5.71 Å². The topological polar surface area (TPSA) is 30.3 Å². The van der Waals surface area contributed by atoms with Gasteiger partial charge in [0.15, 0.2) is 0 Å². The molecule has 0 heterocycles. The van der Waals surface area contributed by atoms with Gasteiger partial charge >= 0.3 is 0 Å². The van der Waals surface area contributed by atoms with E-state index in [4.69, 9.17) is 5.41 Å². The molecule has 4 heteroatoms. The van der Waals surface area contributed by atoms with Gasteiger partial charge in [-0.1, -0.05) is 24.3 Å². The van der Waals surface area contributed by atoms with Gasteiger partial charge in [0.05, 0.1) is 5.71 Å². The molecule has 0 bridgehead atoms. The Morgan fingerprint density at radius 2 is 0.952 bits per heavy atom. The van der Waals surface area contributed by atoms with E-state index < -0.39 is 0 Å². The lowest BCUT2D eigenvalue weighted by Gasteiger charge is -2.14. The lowest BCUT2D eigenvalue weighted by molar-refractivity contribution is 1.13. The van der Waals surface area contributed by atoms with Crippen LogP contribution < -0.4 is 9.80 Å². The molecule has 0 atom stereocenters. The average molecular weight is 304 g/mol. The van der Waals surface area contributed by atoms with Crippen molar-refractivity contribution in [2.24, 2.45) is 0 Å². The van der Waals surface area contributed by atoms with E-state index in [9.17, 15) is 0 Å². The van der Waals surface area contributed by atoms with Crippen LogP contribution in [-0.4, -0.2) is 33.9 Å². The lowest BCUT2D eigenvalue weighted by atomic mass is 10.0. The molecule has 0 radical (unpaired) electrons. The normalized spacial score (nSPS) is 9.71. The molecule has 0 aliphatic rings. The number of halogens is 1. The Kier molecular flexibility index (Phi) is 5.79. The molecule has 0 saturated heterocycles. The van der Waals surface area contributed by atoms with Crippen molar-refractivity contribution < 1.29 is 0 Å². The second kappa shape index (κ2) is 7.14. The maximum absolute atomic E-state index is 8.30. The third kappa shape index (κ3) is 3.99. The first-order valence-corrected chi connectivity index (χ1v) is 6.63. The van der Waals surface area contributed by atoms with Crippen molar-refractivity contribution in [1.82, 2.24) is 0 Å². The van der Waals surface area contributed by atoms with Gasteiger partial charge in [-0.25, -0.2) is 0 Å². The summed E-state index contributed by atoms with van der Waals surface area (Å²) in [6.45, 7) is 0. The standard InChI is InChI=1S/C17H21N3.ClH/c1-19(2)15-9-5-13(6-10-15)17(18)14-7-11-16(12-8-14)20(3)4;/h5-12,18H,1-4H3;1H. The smallest absolute Gasteiger partial charge is 0.0684 e. The first-order chi connectivity index (χ1) is 9.49. The minimum Gasteiger partial charge on any atom is -0.378 e. The molecule has 0 fully saturated rings. The Labute approximate surface area is 133 Å². The number of nitrogens with zero attached hydrogens (tertiary/aromatic N) is 2. The zero-order valence-electron chi connectivity index (χ0n) is 12.9. The number of rotatable bonds is 4. The summed E-state index contributed by atoms with van der Waals surface area (Å²) in [6.07, 6.45) is 0. The number of anilines is 2. The molecule has 0 aliphatic heterocycles. The molecule has 0 unspecified atom stereocenters. The number of hydrogen-bond acceptors (Lipinski definition) is 3. The van der Waals surface area contributed by atoms with Crippen LogP contribution in [0.5, 0.6) is 0 Å². The Morgan fingerprint density at radius 3 is 1.19 bits per heavy atom. The third-order valence-corrected chi connectivity index (χ3v) is 3.34. The predicted molar refractivity (Wildman–Crippen MR) is 94.7 cm³/mol. The average Bonchev–Trinajstić information content (AvgIpc) is 2.46. The fourth-order valence-corrected chi connectivity index (χ4v) is 2.02. The summed E-state index contributed by atoms with van der Waals surface area (Å²) in [5.74, 6) is 0. The summed E-state index contributed by atoms with van der Waals surface area (Å²) in [6, 6.07) is 16.1. The Hall–Kier alpha value is -2.00. The van der Waals surface area contributed by atoms with E-state index in [1.165, 1.54) is 0 Å². The highest BCUT2D eigenvalue weighted by Gasteiger charge is 2.06. The van der Waals surface area contributed by atoms with E-state index in [2.05, 4.69) is 9.80 Å². The molecule has 3 nitrogen and oxygen atoms in total. The van der Waals surface area contributed by atoms with E-state index in [-0.39, 0.29) is 12.4 Å². The molecule has 2 rings (SSSR count). The van der Waals surface area contributed by atoms with Crippen LogP contribution in [0.3, 0.4) is 0 Å². The van der Waals surface area contributed by atoms with Crippen molar-refractivity contribution in [1.29, 1.82) is 5.41 Å². The molecule has 112 valence electrons. The summed E-state index contributed by atoms with van der Waals surface area (Å²) >= 11 is 0. The van der Waals surface area contributed by atoms with Gasteiger partial charge in [0.1, 0.15) is 0 Å². The largest absolute Gasteiger partial charge is 0.378 e. The highest BCUT2D eigenvalue weighted by Crippen LogP contribution is 2.18. The van der Waals surface area contributed by atoms with Gasteiger partial charge in [-0.2, -0.15) is 0 Å². The van der Waals surface area contributed by atoms with Crippen LogP contribution in [0.25, 0.3) is 0 Å². The van der Waals surface area contributed by atoms with Crippen LogP contribution in [0.1, 0.15) is 11.1 Å². The highest BCUT2D eigenvalue weighted by molar-refractivity contribution is 6.11. The summed E-state index contributed by atoms with van der Waals surface area (Å²) in [5.41, 5.74) is 4.72. The summed E-state index contributed by atoms with van der Waals surface area (Å²) in [5, 5.41) is 8.30. The third-order valence-electron chi connectivity index (χ3n) is 3.34. The molecule has 0 aliphatic carbocycles. The van der Waals surface area contributed by atoms with Gasteiger partial charge in [0.2, 0.25) is 0 Å². The van der Waals surface area contributed by atoms with Crippen molar-refractivity contribution in [2.75, 3.05) is 38.0 Å². The molecule has 0 spiro atoms. The van der Waals surface area contributed by atoms with Gasteiger partial charge in [-0.15, -0.1) is 12.4 Å². The maximum Gasteiger partial charge on any atom is 0.0684 e. The van der Waals surface area contributed by atoms with E-state index in [1.54, 1.807) is 0 Å². The Bertz CT molecular complexity index is 533. The van der Waals surface area contributed by atoms with Crippen molar-refractivity contribution in [2.45, 2.75) is 0 Å². The van der Waals surface area contributed by atoms with Crippen LogP contribution in [0.4, 0.5) is 11.4 Å². The quantitative estimate of drug-likeness (QED) is 0.874. The highest BCUT2D eigenvalue weighted by atomic mass is 35.5. The molecule has 2 aromatic rings. The van der Waals surface area contributed by atoms with Gasteiger partial charge in [0.25, 0.3) is 0 Å². The van der Waals surface area contributed by atoms with Gasteiger partial charge in [0, 0.05) is 50.7 Å². The van der Waals surface area contributed by atoms with Crippen molar-refractivity contribution in [3.05, 3.63) is 59.7 Å². The summed E-state index contributed by atoms with van der Waals surface area (Å²) in [4.78, 5) is 4.11.